The number of hydrogen-bond donors (Lipinski definition) is 1. The van der Waals surface area contributed by atoms with Crippen LogP contribution in [0.4, 0.5) is 13.2 Å². The Kier molecular flexibility index (Phi) is 5.67. The second kappa shape index (κ2) is 7.82. The Morgan fingerprint density at radius 3 is 2.85 bits per heavy atom. The van der Waals surface area contributed by atoms with Crippen molar-refractivity contribution >= 4 is 17.5 Å². The van der Waals surface area contributed by atoms with Crippen molar-refractivity contribution in [2.24, 2.45) is 0 Å². The first-order chi connectivity index (χ1) is 12.8. The highest BCUT2D eigenvalue weighted by Crippen LogP contribution is 2.29. The van der Waals surface area contributed by atoms with Crippen LogP contribution in [0.25, 0.3) is 0 Å². The number of nitrogens with zero attached hydrogens (tertiary/aromatic N) is 3. The van der Waals surface area contributed by atoms with Crippen molar-refractivity contribution in [1.82, 2.24) is 20.2 Å². The van der Waals surface area contributed by atoms with Crippen LogP contribution in [0.2, 0.25) is 5.02 Å². The fourth-order valence-electron chi connectivity index (χ4n) is 3.03. The maximum atomic E-state index is 12.8. The topological polar surface area (TPSA) is 58.1 Å². The number of rotatable bonds is 4. The van der Waals surface area contributed by atoms with Gasteiger partial charge < -0.3 is 5.32 Å². The van der Waals surface area contributed by atoms with Crippen molar-refractivity contribution in [1.29, 1.82) is 0 Å². The number of carbonyl (C=O) groups is 1. The first kappa shape index (κ1) is 19.6. The molecule has 0 saturated carbocycles. The molecule has 0 radical (unpaired) electrons. The molecule has 0 bridgehead atoms. The zero-order valence-electron chi connectivity index (χ0n) is 14.6. The quantitative estimate of drug-likeness (QED) is 0.857. The van der Waals surface area contributed by atoms with Crippen LogP contribution in [0.1, 0.15) is 39.9 Å². The van der Waals surface area contributed by atoms with Crippen LogP contribution in [0.15, 0.2) is 24.4 Å². The second-order valence-electron chi connectivity index (χ2n) is 6.28. The molecule has 3 rings (SSSR count). The molecule has 2 aromatic rings. The highest BCUT2D eigenvalue weighted by Gasteiger charge is 2.32. The minimum Gasteiger partial charge on any atom is -0.351 e. The lowest BCUT2D eigenvalue weighted by atomic mass is 10.0. The first-order valence-corrected chi connectivity index (χ1v) is 8.86. The molecule has 0 unspecified atom stereocenters. The molecule has 0 saturated heterocycles. The second-order valence-corrected chi connectivity index (χ2v) is 6.69. The van der Waals surface area contributed by atoms with E-state index in [9.17, 15) is 18.0 Å². The smallest absolute Gasteiger partial charge is 0.351 e. The number of pyridine rings is 2. The van der Waals surface area contributed by atoms with Gasteiger partial charge in [0.1, 0.15) is 11.4 Å². The molecule has 144 valence electrons. The molecule has 9 heteroatoms. The summed E-state index contributed by atoms with van der Waals surface area (Å²) in [6.07, 6.45) is -2.69. The normalized spacial score (nSPS) is 14.7. The Labute approximate surface area is 159 Å². The molecule has 1 amide bonds. The van der Waals surface area contributed by atoms with Gasteiger partial charge in [-0.1, -0.05) is 11.6 Å². The summed E-state index contributed by atoms with van der Waals surface area (Å²) in [5.41, 5.74) is 1.42. The average molecular weight is 399 g/mol. The summed E-state index contributed by atoms with van der Waals surface area (Å²) in [4.78, 5) is 21.8. The molecule has 0 aliphatic carbocycles. The van der Waals surface area contributed by atoms with E-state index in [1.807, 2.05) is 11.8 Å². The van der Waals surface area contributed by atoms with E-state index in [2.05, 4.69) is 15.3 Å². The van der Waals surface area contributed by atoms with E-state index in [-0.39, 0.29) is 11.6 Å². The van der Waals surface area contributed by atoms with Crippen molar-refractivity contribution in [2.45, 2.75) is 32.6 Å². The Balaban J connectivity index is 1.79. The van der Waals surface area contributed by atoms with Gasteiger partial charge in [-0.3, -0.25) is 14.7 Å². The van der Waals surface area contributed by atoms with Crippen molar-refractivity contribution in [3.63, 3.8) is 0 Å². The molecule has 3 heterocycles. The van der Waals surface area contributed by atoms with Gasteiger partial charge in [0, 0.05) is 37.4 Å². The Morgan fingerprint density at radius 1 is 1.37 bits per heavy atom. The van der Waals surface area contributed by atoms with Gasteiger partial charge in [-0.05, 0) is 42.7 Å². The van der Waals surface area contributed by atoms with Crippen molar-refractivity contribution < 1.29 is 18.0 Å². The molecule has 2 aromatic heterocycles. The summed E-state index contributed by atoms with van der Waals surface area (Å²) in [5.74, 6) is -0.303. The number of hydrogen-bond acceptors (Lipinski definition) is 4. The predicted octanol–water partition coefficient (Wildman–Crippen LogP) is 3.46. The van der Waals surface area contributed by atoms with Gasteiger partial charge in [0.05, 0.1) is 5.69 Å². The molecule has 1 N–H and O–H groups in total. The van der Waals surface area contributed by atoms with Gasteiger partial charge in [-0.15, -0.1) is 0 Å². The standard InChI is InChI=1S/C18H18ClF3N4O/c1-2-23-17(27)14-8-13(19)12-4-6-26(10-15(12)25-14)9-11-3-5-24-16(7-11)18(20,21)22/h3,5,7-8H,2,4,6,9-10H2,1H3,(H,23,27). The highest BCUT2D eigenvalue weighted by molar-refractivity contribution is 6.31. The van der Waals surface area contributed by atoms with Crippen LogP contribution in [-0.2, 0) is 25.7 Å². The van der Waals surface area contributed by atoms with Gasteiger partial charge in [0.15, 0.2) is 0 Å². The number of nitrogens with one attached hydrogen (secondary N) is 1. The average Bonchev–Trinajstić information content (AvgIpc) is 2.61. The fourth-order valence-corrected chi connectivity index (χ4v) is 3.34. The van der Waals surface area contributed by atoms with Gasteiger partial charge in [-0.2, -0.15) is 13.2 Å². The lowest BCUT2D eigenvalue weighted by Crippen LogP contribution is -2.32. The molecule has 27 heavy (non-hydrogen) atoms. The molecule has 5 nitrogen and oxygen atoms in total. The van der Waals surface area contributed by atoms with E-state index in [1.54, 1.807) is 12.1 Å². The van der Waals surface area contributed by atoms with Crippen molar-refractivity contribution in [3.05, 3.63) is 57.6 Å². The van der Waals surface area contributed by atoms with Gasteiger partial charge in [0.2, 0.25) is 0 Å². The Morgan fingerprint density at radius 2 is 2.15 bits per heavy atom. The first-order valence-electron chi connectivity index (χ1n) is 8.49. The van der Waals surface area contributed by atoms with E-state index in [0.717, 1.165) is 11.6 Å². The zero-order chi connectivity index (χ0) is 19.6. The third kappa shape index (κ3) is 4.56. The lowest BCUT2D eigenvalue weighted by Gasteiger charge is -2.29. The predicted molar refractivity (Wildman–Crippen MR) is 94.3 cm³/mol. The van der Waals surface area contributed by atoms with Crippen LogP contribution < -0.4 is 5.32 Å². The van der Waals surface area contributed by atoms with Crippen molar-refractivity contribution in [2.75, 3.05) is 13.1 Å². The van der Waals surface area contributed by atoms with Gasteiger partial charge in [-0.25, -0.2) is 4.98 Å². The number of alkyl halides is 3. The summed E-state index contributed by atoms with van der Waals surface area (Å²) in [6, 6.07) is 4.18. The zero-order valence-corrected chi connectivity index (χ0v) is 15.4. The molecule has 1 aliphatic heterocycles. The maximum Gasteiger partial charge on any atom is 0.433 e. The molecule has 0 aromatic carbocycles. The number of fused-ring (bicyclic) bond motifs is 1. The largest absolute Gasteiger partial charge is 0.433 e. The summed E-state index contributed by atoms with van der Waals surface area (Å²) < 4.78 is 38.5. The van der Waals surface area contributed by atoms with Crippen LogP contribution in [0, 0.1) is 0 Å². The molecule has 0 spiro atoms. The lowest BCUT2D eigenvalue weighted by molar-refractivity contribution is -0.141. The summed E-state index contributed by atoms with van der Waals surface area (Å²) in [5, 5.41) is 3.17. The van der Waals surface area contributed by atoms with Crippen LogP contribution in [-0.4, -0.2) is 33.9 Å². The van der Waals surface area contributed by atoms with E-state index >= 15 is 0 Å². The number of carbonyl (C=O) groups excluding carboxylic acids is 1. The van der Waals surface area contributed by atoms with Crippen LogP contribution >= 0.6 is 11.6 Å². The van der Waals surface area contributed by atoms with E-state index in [4.69, 9.17) is 11.6 Å². The Bertz CT molecular complexity index is 857. The van der Waals surface area contributed by atoms with E-state index in [1.165, 1.54) is 6.20 Å². The maximum absolute atomic E-state index is 12.8. The molecule has 0 fully saturated rings. The highest BCUT2D eigenvalue weighted by atomic mass is 35.5. The number of amides is 1. The van der Waals surface area contributed by atoms with E-state index in [0.29, 0.717) is 48.9 Å². The minimum absolute atomic E-state index is 0.241. The molecular weight excluding hydrogens is 381 g/mol. The molecule has 1 aliphatic rings. The van der Waals surface area contributed by atoms with E-state index < -0.39 is 11.9 Å². The summed E-state index contributed by atoms with van der Waals surface area (Å²) in [7, 11) is 0. The third-order valence-corrected chi connectivity index (χ3v) is 4.64. The summed E-state index contributed by atoms with van der Waals surface area (Å²) >= 11 is 6.30. The fraction of sp³-hybridized carbons (Fsp3) is 0.389. The van der Waals surface area contributed by atoms with Crippen LogP contribution in [0.5, 0.6) is 0 Å². The van der Waals surface area contributed by atoms with Crippen molar-refractivity contribution in [3.8, 4) is 0 Å². The molecular formula is C18H18ClF3N4O. The Hall–Kier alpha value is -2.19. The third-order valence-electron chi connectivity index (χ3n) is 4.30. The monoisotopic (exact) mass is 398 g/mol. The number of aromatic nitrogens is 2. The van der Waals surface area contributed by atoms with Crippen LogP contribution in [0.3, 0.4) is 0 Å². The molecule has 0 atom stereocenters. The minimum atomic E-state index is -4.47. The van der Waals surface area contributed by atoms with Gasteiger partial charge >= 0.3 is 6.18 Å². The van der Waals surface area contributed by atoms with Gasteiger partial charge in [0.25, 0.3) is 5.91 Å². The summed E-state index contributed by atoms with van der Waals surface area (Å²) in [6.45, 7) is 3.66. The number of halogens is 4. The SMILES string of the molecule is CCNC(=O)c1cc(Cl)c2c(n1)CN(Cc1ccnc(C(F)(F)F)c1)CC2.